The number of rotatable bonds is 2. The number of methoxy groups -OCH3 is 1. The lowest BCUT2D eigenvalue weighted by molar-refractivity contribution is 0.0601. The monoisotopic (exact) mass is 218 g/mol. The van der Waals surface area contributed by atoms with E-state index in [0.717, 1.165) is 0 Å². The predicted octanol–water partition coefficient (Wildman–Crippen LogP) is 1.71. The molecule has 5 nitrogen and oxygen atoms in total. The van der Waals surface area contributed by atoms with Crippen LogP contribution in [0.4, 0.5) is 5.69 Å². The minimum atomic E-state index is -0.403. The molecule has 1 heterocycles. The Bertz CT molecular complexity index is 519. The number of benzene rings is 1. The van der Waals surface area contributed by atoms with Gasteiger partial charge in [0.2, 0.25) is 0 Å². The highest BCUT2D eigenvalue weighted by molar-refractivity contribution is 5.91. The molecule has 0 amide bonds. The highest BCUT2D eigenvalue weighted by Gasteiger charge is 2.11. The molecular weight excluding hydrogens is 208 g/mol. The fraction of sp³-hybridized carbons (Fsp3) is 0.0909. The van der Waals surface area contributed by atoms with Crippen LogP contribution in [0.1, 0.15) is 10.4 Å². The molecule has 1 aromatic heterocycles. The molecule has 16 heavy (non-hydrogen) atoms. The molecule has 0 radical (unpaired) electrons. The molecule has 2 aromatic rings. The van der Waals surface area contributed by atoms with Crippen LogP contribution in [0.5, 0.6) is 0 Å². The van der Waals surface area contributed by atoms with Gasteiger partial charge in [-0.25, -0.2) is 4.79 Å². The fourth-order valence-electron chi connectivity index (χ4n) is 1.37. The fourth-order valence-corrected chi connectivity index (χ4v) is 1.37. The molecule has 0 bridgehead atoms. The molecule has 0 aliphatic rings. The quantitative estimate of drug-likeness (QED) is 0.776. The van der Waals surface area contributed by atoms with Gasteiger partial charge < -0.3 is 15.0 Å². The number of nitrogens with two attached hydrogens (primary N) is 1. The average Bonchev–Trinajstić information content (AvgIpc) is 2.74. The third kappa shape index (κ3) is 1.75. The van der Waals surface area contributed by atoms with E-state index >= 15 is 0 Å². The number of aromatic nitrogens is 1. The van der Waals surface area contributed by atoms with Crippen LogP contribution in [0, 0.1) is 0 Å². The van der Waals surface area contributed by atoms with Gasteiger partial charge in [0.05, 0.1) is 18.9 Å². The van der Waals surface area contributed by atoms with E-state index in [9.17, 15) is 4.79 Å². The van der Waals surface area contributed by atoms with E-state index in [1.54, 1.807) is 24.3 Å². The zero-order valence-corrected chi connectivity index (χ0v) is 8.64. The molecule has 82 valence electrons. The van der Waals surface area contributed by atoms with Gasteiger partial charge in [0, 0.05) is 5.56 Å². The van der Waals surface area contributed by atoms with E-state index < -0.39 is 5.97 Å². The van der Waals surface area contributed by atoms with Crippen LogP contribution in [0.25, 0.3) is 11.3 Å². The van der Waals surface area contributed by atoms with Gasteiger partial charge in [0.15, 0.2) is 5.76 Å². The van der Waals surface area contributed by atoms with Gasteiger partial charge in [-0.1, -0.05) is 17.3 Å². The van der Waals surface area contributed by atoms with Crippen LogP contribution in [-0.2, 0) is 4.74 Å². The zero-order valence-electron chi connectivity index (χ0n) is 8.64. The van der Waals surface area contributed by atoms with E-state index in [0.29, 0.717) is 22.6 Å². The standard InChI is InChI=1S/C11H10N2O3/c1-15-11(14)8-4-2-3-7(5-8)10-9(12)6-13-16-10/h2-6H,12H2,1H3. The Kier molecular flexibility index (Phi) is 2.59. The summed E-state index contributed by atoms with van der Waals surface area (Å²) < 4.78 is 9.61. The van der Waals surface area contributed by atoms with E-state index in [1.807, 2.05) is 0 Å². The molecule has 0 saturated heterocycles. The van der Waals surface area contributed by atoms with Crippen molar-refractivity contribution in [3.8, 4) is 11.3 Å². The molecule has 5 heteroatoms. The first-order chi connectivity index (χ1) is 7.72. The van der Waals surface area contributed by atoms with E-state index in [2.05, 4.69) is 9.89 Å². The number of nitrogen functional groups attached to an aromatic ring is 1. The van der Waals surface area contributed by atoms with Crippen molar-refractivity contribution in [1.29, 1.82) is 0 Å². The Morgan fingerprint density at radius 2 is 2.31 bits per heavy atom. The highest BCUT2D eigenvalue weighted by atomic mass is 16.5. The third-order valence-electron chi connectivity index (χ3n) is 2.14. The van der Waals surface area contributed by atoms with Crippen molar-refractivity contribution < 1.29 is 14.1 Å². The lowest BCUT2D eigenvalue weighted by atomic mass is 10.1. The number of nitrogens with zero attached hydrogens (tertiary/aromatic N) is 1. The third-order valence-corrected chi connectivity index (χ3v) is 2.14. The summed E-state index contributed by atoms with van der Waals surface area (Å²) in [7, 11) is 1.33. The van der Waals surface area contributed by atoms with Crippen molar-refractivity contribution in [1.82, 2.24) is 5.16 Å². The topological polar surface area (TPSA) is 78.3 Å². The summed E-state index contributed by atoms with van der Waals surface area (Å²) in [4.78, 5) is 11.3. The zero-order chi connectivity index (χ0) is 11.5. The Balaban J connectivity index is 2.44. The van der Waals surface area contributed by atoms with Crippen LogP contribution in [-0.4, -0.2) is 18.2 Å². The van der Waals surface area contributed by atoms with Gasteiger partial charge in [0.1, 0.15) is 5.69 Å². The first kappa shape index (κ1) is 10.2. The normalized spacial score (nSPS) is 10.1. The summed E-state index contributed by atoms with van der Waals surface area (Å²) >= 11 is 0. The molecule has 2 rings (SSSR count). The van der Waals surface area contributed by atoms with Crippen molar-refractivity contribution in [3.63, 3.8) is 0 Å². The number of ether oxygens (including phenoxy) is 1. The number of anilines is 1. The largest absolute Gasteiger partial charge is 0.465 e. The summed E-state index contributed by atoms with van der Waals surface area (Å²) in [6.45, 7) is 0. The predicted molar refractivity (Wildman–Crippen MR) is 57.7 cm³/mol. The van der Waals surface area contributed by atoms with E-state index in [1.165, 1.54) is 13.3 Å². The Morgan fingerprint density at radius 3 is 2.94 bits per heavy atom. The van der Waals surface area contributed by atoms with Gasteiger partial charge in [0.25, 0.3) is 0 Å². The molecule has 0 spiro atoms. The summed E-state index contributed by atoms with van der Waals surface area (Å²) in [6, 6.07) is 6.80. The maximum atomic E-state index is 11.3. The SMILES string of the molecule is COC(=O)c1cccc(-c2oncc2N)c1. The Hall–Kier alpha value is -2.30. The van der Waals surface area contributed by atoms with Crippen molar-refractivity contribution in [3.05, 3.63) is 36.0 Å². The second-order valence-corrected chi connectivity index (χ2v) is 3.18. The van der Waals surface area contributed by atoms with Crippen molar-refractivity contribution in [2.75, 3.05) is 12.8 Å². The first-order valence-corrected chi connectivity index (χ1v) is 4.61. The van der Waals surface area contributed by atoms with Crippen LogP contribution >= 0.6 is 0 Å². The molecule has 0 aliphatic carbocycles. The number of esters is 1. The number of carbonyl (C=O) groups is 1. The molecule has 2 N–H and O–H groups in total. The Morgan fingerprint density at radius 1 is 1.50 bits per heavy atom. The van der Waals surface area contributed by atoms with Gasteiger partial charge in [-0.3, -0.25) is 0 Å². The minimum absolute atomic E-state index is 0.403. The van der Waals surface area contributed by atoms with Crippen molar-refractivity contribution in [2.45, 2.75) is 0 Å². The minimum Gasteiger partial charge on any atom is -0.465 e. The molecule has 0 saturated carbocycles. The second kappa shape index (κ2) is 4.06. The maximum Gasteiger partial charge on any atom is 0.337 e. The smallest absolute Gasteiger partial charge is 0.337 e. The van der Waals surface area contributed by atoms with Gasteiger partial charge in [-0.05, 0) is 12.1 Å². The number of carbonyl (C=O) groups excluding carboxylic acids is 1. The van der Waals surface area contributed by atoms with Crippen LogP contribution in [0.15, 0.2) is 35.0 Å². The molecular formula is C11H10N2O3. The van der Waals surface area contributed by atoms with Crippen LogP contribution < -0.4 is 5.73 Å². The molecule has 1 aromatic carbocycles. The van der Waals surface area contributed by atoms with E-state index in [-0.39, 0.29) is 0 Å². The summed E-state index contributed by atoms with van der Waals surface area (Å²) in [5.74, 6) is 0.0469. The van der Waals surface area contributed by atoms with Crippen molar-refractivity contribution >= 4 is 11.7 Å². The summed E-state index contributed by atoms with van der Waals surface area (Å²) in [6.07, 6.45) is 1.42. The first-order valence-electron chi connectivity index (χ1n) is 4.61. The number of hydrogen-bond donors (Lipinski definition) is 1. The Labute approximate surface area is 91.8 Å². The van der Waals surface area contributed by atoms with Crippen molar-refractivity contribution in [2.24, 2.45) is 0 Å². The lowest BCUT2D eigenvalue weighted by Crippen LogP contribution is -2.00. The van der Waals surface area contributed by atoms with E-state index in [4.69, 9.17) is 10.3 Å². The average molecular weight is 218 g/mol. The number of hydrogen-bond acceptors (Lipinski definition) is 5. The lowest BCUT2D eigenvalue weighted by Gasteiger charge is -2.01. The maximum absolute atomic E-state index is 11.3. The highest BCUT2D eigenvalue weighted by Crippen LogP contribution is 2.25. The van der Waals surface area contributed by atoms with Gasteiger partial charge >= 0.3 is 5.97 Å². The molecule has 0 fully saturated rings. The van der Waals surface area contributed by atoms with Crippen LogP contribution in [0.2, 0.25) is 0 Å². The molecule has 0 unspecified atom stereocenters. The summed E-state index contributed by atoms with van der Waals surface area (Å²) in [5, 5.41) is 3.58. The second-order valence-electron chi connectivity index (χ2n) is 3.18. The van der Waals surface area contributed by atoms with Crippen LogP contribution in [0.3, 0.4) is 0 Å². The molecule has 0 atom stereocenters. The van der Waals surface area contributed by atoms with Gasteiger partial charge in [-0.2, -0.15) is 0 Å². The molecule has 0 aliphatic heterocycles. The summed E-state index contributed by atoms with van der Waals surface area (Å²) in [5.41, 5.74) is 7.22. The van der Waals surface area contributed by atoms with Gasteiger partial charge in [-0.15, -0.1) is 0 Å².